The molecule has 1 aliphatic heterocycles. The lowest BCUT2D eigenvalue weighted by molar-refractivity contribution is -0.253. The van der Waals surface area contributed by atoms with Crippen LogP contribution in [0, 0.1) is 6.92 Å². The van der Waals surface area contributed by atoms with Crippen LogP contribution < -0.4 is 16.2 Å². The molecule has 1 atom stereocenters. The second kappa shape index (κ2) is 13.8. The monoisotopic (exact) mass is 616 g/mol. The van der Waals surface area contributed by atoms with Crippen molar-refractivity contribution in [3.8, 4) is 0 Å². The number of carbonyl (C=O) groups is 3. The van der Waals surface area contributed by atoms with Crippen molar-refractivity contribution in [3.05, 3.63) is 77.2 Å². The van der Waals surface area contributed by atoms with Crippen molar-refractivity contribution in [1.29, 1.82) is 0 Å². The molecule has 0 saturated carbocycles. The largest absolute Gasteiger partial charge is 0.499 e. The lowest BCUT2D eigenvalue weighted by Gasteiger charge is -2.24. The van der Waals surface area contributed by atoms with E-state index in [1.54, 1.807) is 48.9 Å². The van der Waals surface area contributed by atoms with Gasteiger partial charge in [0.2, 0.25) is 5.91 Å². The summed E-state index contributed by atoms with van der Waals surface area (Å²) in [5.41, 5.74) is 6.02. The van der Waals surface area contributed by atoms with Crippen molar-refractivity contribution in [2.45, 2.75) is 52.0 Å². The van der Waals surface area contributed by atoms with E-state index >= 15 is 0 Å². The number of alkyl halides is 3. The molecule has 44 heavy (non-hydrogen) atoms. The fraction of sp³-hybridized carbons (Fsp3) is 0.367. The third kappa shape index (κ3) is 7.88. The Morgan fingerprint density at radius 2 is 1.89 bits per heavy atom. The first-order valence-corrected chi connectivity index (χ1v) is 14.0. The number of carboxylic acids is 1. The Morgan fingerprint density at radius 3 is 2.57 bits per heavy atom. The van der Waals surface area contributed by atoms with Crippen LogP contribution >= 0.6 is 0 Å². The number of methoxy groups -OCH3 is 1. The van der Waals surface area contributed by atoms with Crippen LogP contribution in [0.1, 0.15) is 52.9 Å². The fourth-order valence-corrected chi connectivity index (χ4v) is 4.88. The van der Waals surface area contributed by atoms with E-state index in [1.807, 2.05) is 19.2 Å². The maximum absolute atomic E-state index is 13.6. The van der Waals surface area contributed by atoms with E-state index in [0.29, 0.717) is 53.9 Å². The lowest BCUT2D eigenvalue weighted by atomic mass is 10.0. The van der Waals surface area contributed by atoms with Crippen LogP contribution in [0.3, 0.4) is 0 Å². The maximum Gasteiger partial charge on any atom is 0.499 e. The molecule has 0 saturated heterocycles. The number of carbonyl (C=O) groups excluding carboxylic acids is 2. The lowest BCUT2D eigenvalue weighted by Crippen LogP contribution is -2.46. The van der Waals surface area contributed by atoms with E-state index in [2.05, 4.69) is 16.2 Å². The smallest absolute Gasteiger partial charge is 0.481 e. The minimum absolute atomic E-state index is 0.0235. The van der Waals surface area contributed by atoms with Crippen molar-refractivity contribution in [2.24, 2.45) is 0 Å². The van der Waals surface area contributed by atoms with E-state index in [0.717, 1.165) is 17.1 Å². The molecule has 0 fully saturated rings. The molecule has 0 radical (unpaired) electrons. The van der Waals surface area contributed by atoms with Crippen LogP contribution in [0.25, 0.3) is 10.9 Å². The number of aryl methyl sites for hydroxylation is 2. The molecule has 4 N–H and O–H groups in total. The minimum Gasteiger partial charge on any atom is -0.481 e. The Hall–Kier alpha value is -4.56. The molecule has 4 rings (SSSR count). The van der Waals surface area contributed by atoms with E-state index in [4.69, 9.17) is 9.84 Å². The van der Waals surface area contributed by atoms with Gasteiger partial charge in [0, 0.05) is 60.8 Å². The maximum atomic E-state index is 13.6. The fourth-order valence-electron chi connectivity index (χ4n) is 4.88. The molecule has 3 aromatic rings. The Labute approximate surface area is 252 Å². The molecular formula is C30H35F3N6O5. The number of halogens is 3. The molecule has 1 unspecified atom stereocenters. The number of benzene rings is 2. The van der Waals surface area contributed by atoms with E-state index in [1.165, 1.54) is 11.2 Å². The number of nitrogens with one attached hydrogen (secondary N) is 3. The summed E-state index contributed by atoms with van der Waals surface area (Å²) in [4.78, 5) is 37.3. The summed E-state index contributed by atoms with van der Waals surface area (Å²) in [6.07, 6.45) is 0.00188. The summed E-state index contributed by atoms with van der Waals surface area (Å²) in [6.45, 7) is 4.42. The van der Waals surface area contributed by atoms with Crippen LogP contribution in [0.2, 0.25) is 0 Å². The molecule has 1 aromatic heterocycles. The van der Waals surface area contributed by atoms with Gasteiger partial charge in [-0.25, -0.2) is 5.01 Å². The first-order chi connectivity index (χ1) is 20.9. The van der Waals surface area contributed by atoms with Gasteiger partial charge in [0.05, 0.1) is 13.2 Å². The number of aliphatic carboxylic acids is 1. The molecule has 11 nitrogen and oxygen atoms in total. The number of aromatic nitrogens is 1. The third-order valence-corrected chi connectivity index (χ3v) is 7.21. The highest BCUT2D eigenvalue weighted by Crippen LogP contribution is 2.28. The molecule has 0 bridgehead atoms. The summed E-state index contributed by atoms with van der Waals surface area (Å²) >= 11 is 0. The molecule has 0 aliphatic carbocycles. The highest BCUT2D eigenvalue weighted by molar-refractivity contribution is 6.00. The average Bonchev–Trinajstić information content (AvgIpc) is 3.58. The van der Waals surface area contributed by atoms with Gasteiger partial charge in [0.25, 0.3) is 5.91 Å². The first kappa shape index (κ1) is 32.4. The van der Waals surface area contributed by atoms with Crippen molar-refractivity contribution in [1.82, 2.24) is 25.4 Å². The van der Waals surface area contributed by atoms with Gasteiger partial charge >= 0.3 is 12.3 Å². The van der Waals surface area contributed by atoms with E-state index < -0.39 is 18.3 Å². The van der Waals surface area contributed by atoms with Gasteiger partial charge < -0.3 is 25.0 Å². The van der Waals surface area contributed by atoms with Crippen molar-refractivity contribution in [3.63, 3.8) is 0 Å². The van der Waals surface area contributed by atoms with Crippen LogP contribution in [0.4, 0.5) is 18.9 Å². The Bertz CT molecular complexity index is 1550. The second-order valence-corrected chi connectivity index (χ2v) is 10.5. The van der Waals surface area contributed by atoms with Crippen LogP contribution in [-0.2, 0) is 27.3 Å². The zero-order valence-corrected chi connectivity index (χ0v) is 24.6. The number of nitrogens with zero attached hydrogens (tertiary/aromatic N) is 3. The number of hydrogen-bond donors (Lipinski definition) is 4. The van der Waals surface area contributed by atoms with Crippen molar-refractivity contribution in [2.75, 3.05) is 25.6 Å². The van der Waals surface area contributed by atoms with Gasteiger partial charge in [-0.2, -0.15) is 0 Å². The van der Waals surface area contributed by atoms with Crippen LogP contribution in [0.15, 0.2) is 55.0 Å². The van der Waals surface area contributed by atoms with Gasteiger partial charge in [-0.05, 0) is 61.6 Å². The summed E-state index contributed by atoms with van der Waals surface area (Å²) in [5, 5.41) is 17.0. The van der Waals surface area contributed by atoms with Gasteiger partial charge in [0.15, 0.2) is 0 Å². The summed E-state index contributed by atoms with van der Waals surface area (Å²) in [7, 11) is 1.54. The number of rotatable bonds is 13. The normalized spacial score (nSPS) is 13.9. The SMILES string of the molecule is COCCNC(=O)c1ccc2c(C)cn(C(C)C(=O)Nc3cc(CN4C=CN(C(F)(F)F)N4)ccc3CCCC(=O)O)c2c1. The molecule has 2 aromatic carbocycles. The van der Waals surface area contributed by atoms with Crippen molar-refractivity contribution >= 4 is 34.4 Å². The van der Waals surface area contributed by atoms with Gasteiger partial charge in [-0.3, -0.25) is 19.4 Å². The number of ether oxygens (including phenoxy) is 1. The Kier molecular flexibility index (Phi) is 10.2. The molecule has 2 amide bonds. The Morgan fingerprint density at radius 1 is 1.11 bits per heavy atom. The number of amides is 2. The predicted molar refractivity (Wildman–Crippen MR) is 157 cm³/mol. The standard InChI is InChI=1S/C30H35F3N6O5/c1-19-17-38(26-16-23(9-10-24(19)26)29(43)34-11-14-44-3)20(2)28(42)35-25-15-21(7-8-22(25)5-4-6-27(40)41)18-37-12-13-39(36-37)30(31,32)33/h7-10,12-13,15-17,20,36H,4-6,11,14,18H2,1-3H3,(H,34,43)(H,35,42)(H,40,41). The molecule has 0 spiro atoms. The molecular weight excluding hydrogens is 581 g/mol. The first-order valence-electron chi connectivity index (χ1n) is 14.0. The summed E-state index contributed by atoms with van der Waals surface area (Å²) < 4.78 is 45.8. The Balaban J connectivity index is 1.56. The molecule has 236 valence electrons. The number of anilines is 1. The van der Waals surface area contributed by atoms with Gasteiger partial charge in [-0.15, -0.1) is 18.7 Å². The summed E-state index contributed by atoms with van der Waals surface area (Å²) in [6, 6.07) is 9.71. The second-order valence-electron chi connectivity index (χ2n) is 10.5. The van der Waals surface area contributed by atoms with Gasteiger partial charge in [-0.1, -0.05) is 18.2 Å². The van der Waals surface area contributed by atoms with Gasteiger partial charge in [0.1, 0.15) is 6.04 Å². The van der Waals surface area contributed by atoms with Crippen molar-refractivity contribution < 1.29 is 37.4 Å². The molecule has 2 heterocycles. The topological polar surface area (TPSA) is 128 Å². The number of hydrogen-bond acceptors (Lipinski definition) is 7. The quantitative estimate of drug-likeness (QED) is 0.164. The van der Waals surface area contributed by atoms with Crippen LogP contribution in [-0.4, -0.2) is 64.0 Å². The highest BCUT2D eigenvalue weighted by atomic mass is 19.4. The van der Waals surface area contributed by atoms with E-state index in [-0.39, 0.29) is 29.8 Å². The zero-order chi connectivity index (χ0) is 32.0. The zero-order valence-electron chi connectivity index (χ0n) is 24.6. The van der Waals surface area contributed by atoms with Crippen LogP contribution in [0.5, 0.6) is 0 Å². The summed E-state index contributed by atoms with van der Waals surface area (Å²) in [5.74, 6) is -1.57. The number of carboxylic acid groups (broad SMARTS) is 1. The predicted octanol–water partition coefficient (Wildman–Crippen LogP) is 4.46. The minimum atomic E-state index is -4.59. The highest BCUT2D eigenvalue weighted by Gasteiger charge is 2.38. The van der Waals surface area contributed by atoms with E-state index in [9.17, 15) is 27.6 Å². The molecule has 1 aliphatic rings. The number of fused-ring (bicyclic) bond motifs is 1. The molecule has 14 heteroatoms. The third-order valence-electron chi connectivity index (χ3n) is 7.21. The number of hydrazine groups is 2. The average molecular weight is 617 g/mol.